The van der Waals surface area contributed by atoms with E-state index in [-0.39, 0.29) is 23.8 Å². The summed E-state index contributed by atoms with van der Waals surface area (Å²) in [4.78, 5) is 12.0. The highest BCUT2D eigenvalue weighted by Gasteiger charge is 2.15. The fourth-order valence-electron chi connectivity index (χ4n) is 1.94. The third kappa shape index (κ3) is 5.76. The van der Waals surface area contributed by atoms with Gasteiger partial charge < -0.3 is 10.1 Å². The second-order valence-electron chi connectivity index (χ2n) is 5.12. The minimum atomic E-state index is -3.67. The van der Waals surface area contributed by atoms with Gasteiger partial charge in [-0.25, -0.2) is 13.1 Å². The van der Waals surface area contributed by atoms with E-state index in [1.54, 1.807) is 12.1 Å². The topological polar surface area (TPSA) is 110 Å². The van der Waals surface area contributed by atoms with E-state index in [2.05, 4.69) is 20.2 Å². The molecule has 0 aliphatic carbocycles. The first-order valence-corrected chi connectivity index (χ1v) is 10.0. The number of nitrogens with zero attached hydrogens (tertiary/aromatic N) is 2. The zero-order chi connectivity index (χ0) is 18.3. The van der Waals surface area contributed by atoms with E-state index in [1.165, 1.54) is 30.6 Å². The maximum Gasteiger partial charge on any atom is 0.240 e. The van der Waals surface area contributed by atoms with E-state index >= 15 is 0 Å². The second-order valence-corrected chi connectivity index (χ2v) is 7.95. The fraction of sp³-hybridized carbons (Fsp3) is 0.400. The van der Waals surface area contributed by atoms with Crippen LogP contribution >= 0.6 is 11.3 Å². The summed E-state index contributed by atoms with van der Waals surface area (Å²) in [6, 6.07) is 6.00. The van der Waals surface area contributed by atoms with Gasteiger partial charge in [-0.2, -0.15) is 0 Å². The lowest BCUT2D eigenvalue weighted by Gasteiger charge is -2.07. The Morgan fingerprint density at radius 1 is 1.24 bits per heavy atom. The summed E-state index contributed by atoms with van der Waals surface area (Å²) in [6.45, 7) is 2.02. The molecule has 136 valence electrons. The number of rotatable bonds is 9. The van der Waals surface area contributed by atoms with Crippen molar-refractivity contribution >= 4 is 32.4 Å². The molecule has 0 spiro atoms. The molecule has 0 saturated heterocycles. The average Bonchev–Trinajstić information content (AvgIpc) is 3.02. The SMILES string of the molecule is CCCc1nnc(NC(=O)CCNS(=O)(=O)c2ccc(OC)cc2)s1. The van der Waals surface area contributed by atoms with Crippen molar-refractivity contribution in [2.75, 3.05) is 19.0 Å². The highest BCUT2D eigenvalue weighted by Crippen LogP contribution is 2.17. The van der Waals surface area contributed by atoms with E-state index in [9.17, 15) is 13.2 Å². The molecular weight excluding hydrogens is 364 g/mol. The standard InChI is InChI=1S/C15H20N4O4S2/c1-3-4-14-18-19-15(24-14)17-13(20)9-10-16-25(21,22)12-7-5-11(23-2)6-8-12/h5-8,16H,3-4,9-10H2,1-2H3,(H,17,19,20). The van der Waals surface area contributed by atoms with E-state index in [4.69, 9.17) is 4.74 Å². The minimum absolute atomic E-state index is 0.00191. The number of carbonyl (C=O) groups excluding carboxylic acids is 1. The number of hydrogen-bond donors (Lipinski definition) is 2. The maximum absolute atomic E-state index is 12.1. The van der Waals surface area contributed by atoms with Crippen LogP contribution < -0.4 is 14.8 Å². The lowest BCUT2D eigenvalue weighted by atomic mass is 10.3. The molecule has 0 atom stereocenters. The Bertz CT molecular complexity index is 803. The third-order valence-electron chi connectivity index (χ3n) is 3.19. The van der Waals surface area contributed by atoms with E-state index < -0.39 is 10.0 Å². The van der Waals surface area contributed by atoms with Gasteiger partial charge in [-0.15, -0.1) is 10.2 Å². The van der Waals surface area contributed by atoms with Gasteiger partial charge in [0.25, 0.3) is 0 Å². The molecule has 0 fully saturated rings. The van der Waals surface area contributed by atoms with Crippen molar-refractivity contribution < 1.29 is 17.9 Å². The van der Waals surface area contributed by atoms with Crippen molar-refractivity contribution in [2.24, 2.45) is 0 Å². The Balaban J connectivity index is 1.82. The highest BCUT2D eigenvalue weighted by molar-refractivity contribution is 7.89. The normalized spacial score (nSPS) is 11.3. The average molecular weight is 384 g/mol. The number of aromatic nitrogens is 2. The van der Waals surface area contributed by atoms with Crippen molar-refractivity contribution in [1.82, 2.24) is 14.9 Å². The molecule has 0 radical (unpaired) electrons. The number of methoxy groups -OCH3 is 1. The van der Waals surface area contributed by atoms with Crippen LogP contribution in [0, 0.1) is 0 Å². The Labute approximate surface area is 150 Å². The van der Waals surface area contributed by atoms with Crippen molar-refractivity contribution in [3.63, 3.8) is 0 Å². The first kappa shape index (κ1) is 19.3. The fourth-order valence-corrected chi connectivity index (χ4v) is 3.83. The van der Waals surface area contributed by atoms with Crippen LogP contribution in [0.4, 0.5) is 5.13 Å². The zero-order valence-electron chi connectivity index (χ0n) is 14.0. The van der Waals surface area contributed by atoms with Gasteiger partial charge in [0.15, 0.2) is 0 Å². The molecule has 0 bridgehead atoms. The van der Waals surface area contributed by atoms with Crippen LogP contribution in [0.2, 0.25) is 0 Å². The number of aryl methyl sites for hydroxylation is 1. The van der Waals surface area contributed by atoms with Crippen molar-refractivity contribution in [3.05, 3.63) is 29.3 Å². The largest absolute Gasteiger partial charge is 0.497 e. The molecule has 25 heavy (non-hydrogen) atoms. The summed E-state index contributed by atoms with van der Waals surface area (Å²) < 4.78 is 31.7. The number of ether oxygens (including phenoxy) is 1. The van der Waals surface area contributed by atoms with E-state index in [0.717, 1.165) is 17.8 Å². The maximum atomic E-state index is 12.1. The van der Waals surface area contributed by atoms with E-state index in [1.807, 2.05) is 6.92 Å². The number of anilines is 1. The van der Waals surface area contributed by atoms with Gasteiger partial charge in [0.1, 0.15) is 10.8 Å². The molecule has 10 heteroatoms. The molecule has 1 aromatic heterocycles. The van der Waals surface area contributed by atoms with Crippen LogP contribution in [0.25, 0.3) is 0 Å². The summed E-state index contributed by atoms with van der Waals surface area (Å²) >= 11 is 1.32. The first-order chi connectivity index (χ1) is 11.9. The molecule has 1 amide bonds. The van der Waals surface area contributed by atoms with Crippen molar-refractivity contribution in [3.8, 4) is 5.75 Å². The number of benzene rings is 1. The number of amides is 1. The lowest BCUT2D eigenvalue weighted by molar-refractivity contribution is -0.116. The van der Waals surface area contributed by atoms with Crippen molar-refractivity contribution in [2.45, 2.75) is 31.1 Å². The van der Waals surface area contributed by atoms with Gasteiger partial charge in [0.05, 0.1) is 12.0 Å². The zero-order valence-corrected chi connectivity index (χ0v) is 15.6. The van der Waals surface area contributed by atoms with E-state index in [0.29, 0.717) is 10.9 Å². The van der Waals surface area contributed by atoms with Crippen LogP contribution in [0.15, 0.2) is 29.2 Å². The Morgan fingerprint density at radius 3 is 2.60 bits per heavy atom. The van der Waals surface area contributed by atoms with Crippen LogP contribution in [0.3, 0.4) is 0 Å². The molecule has 0 saturated carbocycles. The van der Waals surface area contributed by atoms with Crippen LogP contribution in [-0.4, -0.2) is 38.2 Å². The molecule has 0 unspecified atom stereocenters. The predicted octanol–water partition coefficient (Wildman–Crippen LogP) is 1.81. The molecule has 2 aromatic rings. The molecule has 1 aromatic carbocycles. The van der Waals surface area contributed by atoms with Crippen LogP contribution in [0.1, 0.15) is 24.8 Å². The second kappa shape index (κ2) is 8.88. The van der Waals surface area contributed by atoms with Gasteiger partial charge in [-0.3, -0.25) is 4.79 Å². The van der Waals surface area contributed by atoms with Gasteiger partial charge in [0, 0.05) is 19.4 Å². The molecule has 8 nitrogen and oxygen atoms in total. The van der Waals surface area contributed by atoms with Crippen molar-refractivity contribution in [1.29, 1.82) is 0 Å². The van der Waals surface area contributed by atoms with Crippen LogP contribution in [0.5, 0.6) is 5.75 Å². The molecule has 0 aliphatic rings. The Kier molecular flexibility index (Phi) is 6.85. The first-order valence-electron chi connectivity index (χ1n) is 7.70. The smallest absolute Gasteiger partial charge is 0.240 e. The Morgan fingerprint density at radius 2 is 1.96 bits per heavy atom. The lowest BCUT2D eigenvalue weighted by Crippen LogP contribution is -2.27. The molecule has 0 aliphatic heterocycles. The Hall–Kier alpha value is -2.04. The summed E-state index contributed by atoms with van der Waals surface area (Å²) in [5.41, 5.74) is 0. The monoisotopic (exact) mass is 384 g/mol. The highest BCUT2D eigenvalue weighted by atomic mass is 32.2. The van der Waals surface area contributed by atoms with Crippen LogP contribution in [-0.2, 0) is 21.2 Å². The summed E-state index contributed by atoms with van der Waals surface area (Å²) in [5, 5.41) is 11.7. The van der Waals surface area contributed by atoms with Gasteiger partial charge >= 0.3 is 0 Å². The van der Waals surface area contributed by atoms with Gasteiger partial charge in [-0.1, -0.05) is 18.3 Å². The number of carbonyl (C=O) groups is 1. The number of sulfonamides is 1. The summed E-state index contributed by atoms with van der Waals surface area (Å²) in [5.74, 6) is 0.245. The number of hydrogen-bond acceptors (Lipinski definition) is 7. The number of nitrogens with one attached hydrogen (secondary N) is 2. The molecule has 1 heterocycles. The molecular formula is C15H20N4O4S2. The summed E-state index contributed by atoms with van der Waals surface area (Å²) in [6.07, 6.45) is 1.77. The molecule has 2 N–H and O–H groups in total. The molecule has 2 rings (SSSR count). The quantitative estimate of drug-likeness (QED) is 0.682. The third-order valence-corrected chi connectivity index (χ3v) is 5.57. The predicted molar refractivity (Wildman–Crippen MR) is 95.3 cm³/mol. The summed E-state index contributed by atoms with van der Waals surface area (Å²) in [7, 11) is -2.16. The minimum Gasteiger partial charge on any atom is -0.497 e. The van der Waals surface area contributed by atoms with Gasteiger partial charge in [0.2, 0.25) is 21.1 Å². The van der Waals surface area contributed by atoms with Gasteiger partial charge in [-0.05, 0) is 30.7 Å².